The third kappa shape index (κ3) is 14.5. The van der Waals surface area contributed by atoms with Gasteiger partial charge in [0.2, 0.25) is 6.29 Å². The molecule has 0 radical (unpaired) electrons. The molecule has 18 rings (SSSR count). The number of aliphatic hydroxyl groups excluding tert-OH is 25. The van der Waals surface area contributed by atoms with Gasteiger partial charge in [-0.3, -0.25) is 0 Å². The minimum absolute atomic E-state index is 0.715. The Morgan fingerprint density at radius 2 is 0.398 bits per heavy atom. The van der Waals surface area contributed by atoms with Crippen molar-refractivity contribution in [3.63, 3.8) is 0 Å². The molecule has 0 saturated carbocycles. The molecule has 18 aliphatic rings. The van der Waals surface area contributed by atoms with Crippen molar-refractivity contribution in [2.75, 3.05) is 52.9 Å². The van der Waals surface area contributed by atoms with E-state index in [1.165, 1.54) is 0 Å². The lowest BCUT2D eigenvalue weighted by Crippen LogP contribution is -2.68. The normalized spacial score (nSPS) is 52.4. The minimum Gasteiger partial charge on any atom is -0.506 e. The molecule has 0 amide bonds. The van der Waals surface area contributed by atoms with Gasteiger partial charge < -0.3 is 199 Å². The van der Waals surface area contributed by atoms with Crippen LogP contribution < -0.4 is 0 Å². The molecule has 40 heteroatoms. The third-order valence-electron chi connectivity index (χ3n) is 16.3. The lowest BCUT2D eigenvalue weighted by Gasteiger charge is -2.50. The monoisotopic (exact) mass is 1300 g/mol. The Kier molecular flexibility index (Phi) is 25.2. The Morgan fingerprint density at radius 1 is 0.216 bits per heavy atom. The standard InChI is InChI=1S/C48H80O40/c49-2-1-10-18(57)26(65)41(73)82-34-11(3-50)76-43(28(67)19(34)58)84-36-13(5-52)78-45(30(69)21(36)60)86-38-15(7-54)80-47(32(71)23(38)62)88-40-17(9-56)81-48(33(72)25(40)64)87-39-16(8-55)79-46(31(70)24(39)63)85-37-14(6-53)77-44(29(68)22(37)61)83-35-12(4-51)75-42(74-10)27(66)20(35)59/h10-17,19-25,27-73H,1-9H2. The molecule has 512 valence electrons. The Balaban J connectivity index is 1.07. The molecule has 0 aromatic rings. The van der Waals surface area contributed by atoms with E-state index in [9.17, 15) is 128 Å². The molecule has 0 spiro atoms. The Morgan fingerprint density at radius 3 is 0.580 bits per heavy atom. The highest BCUT2D eigenvalue weighted by atomic mass is 16.8. The molecule has 88 heavy (non-hydrogen) atoms. The van der Waals surface area contributed by atoms with Crippen molar-refractivity contribution in [3.8, 4) is 0 Å². The molecular formula is C48H80O40. The number of rotatable bonds is 9. The predicted molar refractivity (Wildman–Crippen MR) is 263 cm³/mol. The second-order valence-electron chi connectivity index (χ2n) is 21.9. The van der Waals surface area contributed by atoms with Crippen molar-refractivity contribution in [1.82, 2.24) is 0 Å². The first-order valence-electron chi connectivity index (χ1n) is 27.8. The maximum atomic E-state index is 11.4. The summed E-state index contributed by atoms with van der Waals surface area (Å²) < 4.78 is 84.4. The van der Waals surface area contributed by atoms with Gasteiger partial charge in [0, 0.05) is 13.0 Å². The van der Waals surface area contributed by atoms with Gasteiger partial charge in [-0.05, 0) is 0 Å². The molecular weight excluding hydrogens is 1220 g/mol. The fourth-order valence-corrected chi connectivity index (χ4v) is 11.3. The van der Waals surface area contributed by atoms with Crippen LogP contribution in [-0.2, 0) is 71.1 Å². The average Bonchev–Trinajstić information content (AvgIpc) is 1.22. The molecule has 0 aliphatic carbocycles. The first kappa shape index (κ1) is 71.7. The molecule has 18 heterocycles. The van der Waals surface area contributed by atoms with Crippen LogP contribution in [0.3, 0.4) is 0 Å². The zero-order valence-electron chi connectivity index (χ0n) is 46.0. The van der Waals surface area contributed by atoms with Gasteiger partial charge in [-0.2, -0.15) is 0 Å². The highest BCUT2D eigenvalue weighted by molar-refractivity contribution is 5.09. The van der Waals surface area contributed by atoms with E-state index in [2.05, 4.69) is 0 Å². The van der Waals surface area contributed by atoms with Crippen molar-refractivity contribution in [1.29, 1.82) is 0 Å². The highest BCUT2D eigenvalue weighted by Crippen LogP contribution is 2.39. The van der Waals surface area contributed by atoms with E-state index in [4.69, 9.17) is 71.1 Å². The summed E-state index contributed by atoms with van der Waals surface area (Å²) >= 11 is 0. The van der Waals surface area contributed by atoms with Crippen LogP contribution in [0.5, 0.6) is 0 Å². The van der Waals surface area contributed by atoms with Crippen LogP contribution in [0.15, 0.2) is 11.5 Å². The maximum absolute atomic E-state index is 11.4. The molecule has 14 bridgehead atoms. The molecule has 25 N–H and O–H groups in total. The number of ether oxygens (including phenoxy) is 15. The minimum atomic E-state index is -2.75. The average molecular weight is 1300 g/mol. The summed E-state index contributed by atoms with van der Waals surface area (Å²) in [6.45, 7) is -8.61. The summed E-state index contributed by atoms with van der Waals surface area (Å²) in [5.74, 6) is -2.93. The van der Waals surface area contributed by atoms with Gasteiger partial charge in [0.25, 0.3) is 0 Å². The van der Waals surface area contributed by atoms with E-state index >= 15 is 0 Å². The van der Waals surface area contributed by atoms with Crippen LogP contribution in [-0.4, -0.2) is 408 Å². The summed E-state index contributed by atoms with van der Waals surface area (Å²) in [5, 5.41) is 274. The molecule has 0 aromatic carbocycles. The lowest BCUT2D eigenvalue weighted by atomic mass is 9.95. The van der Waals surface area contributed by atoms with Crippen LogP contribution in [0, 0.1) is 0 Å². The second-order valence-corrected chi connectivity index (χ2v) is 21.9. The Hall–Kier alpha value is -2.18. The lowest BCUT2D eigenvalue weighted by molar-refractivity contribution is -0.398. The van der Waals surface area contributed by atoms with E-state index < -0.39 is 298 Å². The summed E-state index contributed by atoms with van der Waals surface area (Å²) in [4.78, 5) is 0. The zero-order chi connectivity index (χ0) is 64.5. The molecule has 7 fully saturated rings. The summed E-state index contributed by atoms with van der Waals surface area (Å²) in [5.41, 5.74) is 0. The fraction of sp³-hybridized carbons (Fsp3) is 0.958. The number of hydrogen-bond donors (Lipinski definition) is 25. The van der Waals surface area contributed by atoms with E-state index in [1.54, 1.807) is 0 Å². The van der Waals surface area contributed by atoms with E-state index in [1.807, 2.05) is 0 Å². The van der Waals surface area contributed by atoms with E-state index in [-0.39, 0.29) is 0 Å². The van der Waals surface area contributed by atoms with Crippen LogP contribution in [0.1, 0.15) is 6.42 Å². The second kappa shape index (κ2) is 30.9. The van der Waals surface area contributed by atoms with Gasteiger partial charge >= 0.3 is 0 Å². The SMILES string of the molecule is OCCC1OC2OC(CO)C(OC3OC(CO)C(OC4OC(CO)C(OC5OC(CO)C(OC6OC(CO)C(OC7OC(CO)C(OC8OC(CO)C(OC(O)C(O)=C1O)C(O)C8O)C(O)C7O)C(O)C6O)C(O)C5O)C(O)C4O)C(O)C3O)C(O)C2O. The van der Waals surface area contributed by atoms with Gasteiger partial charge in [0.15, 0.2) is 55.5 Å². The van der Waals surface area contributed by atoms with Crippen LogP contribution in [0.4, 0.5) is 0 Å². The Bertz CT molecular complexity index is 2160. The maximum Gasteiger partial charge on any atom is 0.218 e. The van der Waals surface area contributed by atoms with Crippen molar-refractivity contribution in [3.05, 3.63) is 11.5 Å². The molecule has 7 saturated heterocycles. The van der Waals surface area contributed by atoms with E-state index in [0.29, 0.717) is 0 Å². The van der Waals surface area contributed by atoms with Crippen molar-refractivity contribution < 1.29 is 199 Å². The summed E-state index contributed by atoms with van der Waals surface area (Å²) in [6.07, 6.45) is -78.2. The topological polar surface area (TPSA) is 644 Å². The third-order valence-corrected chi connectivity index (χ3v) is 16.3. The quantitative estimate of drug-likeness (QED) is 0.102. The number of hydrogen-bond acceptors (Lipinski definition) is 40. The van der Waals surface area contributed by atoms with Crippen molar-refractivity contribution >= 4 is 0 Å². The smallest absolute Gasteiger partial charge is 0.218 e. The summed E-state index contributed by atoms with van der Waals surface area (Å²) in [7, 11) is 0. The largest absolute Gasteiger partial charge is 0.506 e. The summed E-state index contributed by atoms with van der Waals surface area (Å²) in [6, 6.07) is 0. The van der Waals surface area contributed by atoms with Crippen LogP contribution >= 0.6 is 0 Å². The molecule has 0 aromatic heterocycles. The van der Waals surface area contributed by atoms with Gasteiger partial charge in [-0.1, -0.05) is 0 Å². The number of aliphatic hydroxyl groups is 25. The van der Waals surface area contributed by atoms with Crippen LogP contribution in [0.2, 0.25) is 0 Å². The van der Waals surface area contributed by atoms with Crippen molar-refractivity contribution in [2.24, 2.45) is 0 Å². The molecule has 37 unspecified atom stereocenters. The fourth-order valence-electron chi connectivity index (χ4n) is 11.3. The van der Waals surface area contributed by atoms with E-state index in [0.717, 1.165) is 0 Å². The Labute approximate surface area is 496 Å². The predicted octanol–water partition coefficient (Wildman–Crippen LogP) is -15.8. The first-order valence-corrected chi connectivity index (χ1v) is 27.8. The highest BCUT2D eigenvalue weighted by Gasteiger charge is 2.59. The molecule has 18 aliphatic heterocycles. The molecule has 37 atom stereocenters. The zero-order valence-corrected chi connectivity index (χ0v) is 46.0. The molecule has 40 nitrogen and oxygen atoms in total. The van der Waals surface area contributed by atoms with Gasteiger partial charge in [0.05, 0.1) is 46.2 Å². The number of fused-ring (bicyclic) bond motifs is 1. The first-order chi connectivity index (χ1) is 41.8. The van der Waals surface area contributed by atoms with Crippen LogP contribution in [0.25, 0.3) is 0 Å². The van der Waals surface area contributed by atoms with Crippen molar-refractivity contribution in [2.45, 2.75) is 234 Å². The van der Waals surface area contributed by atoms with Gasteiger partial charge in [-0.25, -0.2) is 0 Å². The van der Waals surface area contributed by atoms with Gasteiger partial charge in [0.1, 0.15) is 177 Å². The van der Waals surface area contributed by atoms with Gasteiger partial charge in [-0.15, -0.1) is 0 Å².